The van der Waals surface area contributed by atoms with Crippen LogP contribution in [0.25, 0.3) is 0 Å². The largest absolute Gasteiger partial charge is 0.385 e. The molecule has 0 saturated heterocycles. The summed E-state index contributed by atoms with van der Waals surface area (Å²) in [5, 5.41) is 1.90. The SMILES string of the molecule is COCCCN(CC(=O)N(Cc1cccn1Cc1ccccc1)C1CCCCC1)C(=O)c1cccs1. The molecule has 6 nitrogen and oxygen atoms in total. The summed E-state index contributed by atoms with van der Waals surface area (Å²) in [4.78, 5) is 31.5. The maximum atomic E-state index is 13.9. The standard InChI is InChI=1S/C29H37N3O3S/c1-35-19-10-18-31(29(34)27-16-9-20-36-27)23-28(33)32(25-13-6-3-7-14-25)22-26-15-8-17-30(26)21-24-11-4-2-5-12-24/h2,4-5,8-9,11-12,15-17,20,25H,3,6-7,10,13-14,18-19,21-23H2,1H3. The fourth-order valence-electron chi connectivity index (χ4n) is 4.98. The average molecular weight is 508 g/mol. The molecule has 0 aliphatic heterocycles. The van der Waals surface area contributed by atoms with Crippen LogP contribution in [-0.4, -0.2) is 59.0 Å². The van der Waals surface area contributed by atoms with E-state index in [1.807, 2.05) is 28.5 Å². The molecule has 1 fully saturated rings. The Labute approximate surface area is 218 Å². The summed E-state index contributed by atoms with van der Waals surface area (Å²) in [6.45, 7) is 2.48. The van der Waals surface area contributed by atoms with Crippen molar-refractivity contribution in [3.8, 4) is 0 Å². The number of carbonyl (C=O) groups is 2. The third kappa shape index (κ3) is 7.08. The molecule has 4 rings (SSSR count). The van der Waals surface area contributed by atoms with Gasteiger partial charge in [0.15, 0.2) is 0 Å². The topological polar surface area (TPSA) is 54.8 Å². The van der Waals surface area contributed by atoms with Crippen molar-refractivity contribution in [2.75, 3.05) is 26.8 Å². The third-order valence-corrected chi connectivity index (χ3v) is 7.77. The highest BCUT2D eigenvalue weighted by atomic mass is 32.1. The number of hydrogen-bond acceptors (Lipinski definition) is 4. The van der Waals surface area contributed by atoms with Gasteiger partial charge >= 0.3 is 0 Å². The lowest BCUT2D eigenvalue weighted by Crippen LogP contribution is -2.47. The first kappa shape index (κ1) is 26.2. The molecule has 36 heavy (non-hydrogen) atoms. The van der Waals surface area contributed by atoms with Crippen molar-refractivity contribution in [1.29, 1.82) is 0 Å². The summed E-state index contributed by atoms with van der Waals surface area (Å²) in [6, 6.07) is 18.5. The molecule has 1 aliphatic rings. The molecule has 0 N–H and O–H groups in total. The quantitative estimate of drug-likeness (QED) is 0.307. The second-order valence-electron chi connectivity index (χ2n) is 9.48. The third-order valence-electron chi connectivity index (χ3n) is 6.91. The molecule has 7 heteroatoms. The Morgan fingerprint density at radius 3 is 2.56 bits per heavy atom. The highest BCUT2D eigenvalue weighted by molar-refractivity contribution is 7.12. The van der Waals surface area contributed by atoms with Gasteiger partial charge in [0.05, 0.1) is 11.4 Å². The van der Waals surface area contributed by atoms with E-state index in [1.54, 1.807) is 12.0 Å². The van der Waals surface area contributed by atoms with Crippen LogP contribution in [-0.2, 0) is 22.6 Å². The smallest absolute Gasteiger partial charge is 0.264 e. The molecule has 2 aromatic heterocycles. The second kappa shape index (κ2) is 13.4. The van der Waals surface area contributed by atoms with E-state index in [-0.39, 0.29) is 24.4 Å². The van der Waals surface area contributed by atoms with Crippen LogP contribution < -0.4 is 0 Å². The molecule has 0 radical (unpaired) electrons. The molecule has 0 bridgehead atoms. The Kier molecular flexibility index (Phi) is 9.76. The van der Waals surface area contributed by atoms with Crippen LogP contribution in [0.5, 0.6) is 0 Å². The van der Waals surface area contributed by atoms with Crippen LogP contribution in [0.4, 0.5) is 0 Å². The van der Waals surface area contributed by atoms with Crippen molar-refractivity contribution in [2.24, 2.45) is 0 Å². The first-order chi connectivity index (χ1) is 17.7. The van der Waals surface area contributed by atoms with Crippen LogP contribution in [0.3, 0.4) is 0 Å². The lowest BCUT2D eigenvalue weighted by atomic mass is 9.94. The first-order valence-electron chi connectivity index (χ1n) is 12.9. The Hall–Kier alpha value is -2.90. The van der Waals surface area contributed by atoms with Gasteiger partial charge in [0, 0.05) is 44.7 Å². The minimum absolute atomic E-state index is 0.0247. The highest BCUT2D eigenvalue weighted by Gasteiger charge is 2.29. The molecular weight excluding hydrogens is 470 g/mol. The molecular formula is C29H37N3O3S. The van der Waals surface area contributed by atoms with Crippen LogP contribution in [0, 0.1) is 0 Å². The molecule has 2 amide bonds. The first-order valence-corrected chi connectivity index (χ1v) is 13.8. The zero-order chi connectivity index (χ0) is 25.2. The van der Waals surface area contributed by atoms with Crippen molar-refractivity contribution in [2.45, 2.75) is 57.7 Å². The van der Waals surface area contributed by atoms with Gasteiger partial charge < -0.3 is 19.1 Å². The van der Waals surface area contributed by atoms with Crippen LogP contribution >= 0.6 is 11.3 Å². The number of carbonyl (C=O) groups excluding carboxylic acids is 2. The lowest BCUT2D eigenvalue weighted by molar-refractivity contribution is -0.135. The molecule has 0 spiro atoms. The Morgan fingerprint density at radius 1 is 1.03 bits per heavy atom. The summed E-state index contributed by atoms with van der Waals surface area (Å²) in [7, 11) is 1.66. The van der Waals surface area contributed by atoms with Crippen molar-refractivity contribution in [3.05, 3.63) is 82.3 Å². The zero-order valence-electron chi connectivity index (χ0n) is 21.2. The normalized spacial score (nSPS) is 14.0. The van der Waals surface area contributed by atoms with E-state index >= 15 is 0 Å². The molecule has 0 unspecified atom stereocenters. The van der Waals surface area contributed by atoms with Gasteiger partial charge in [-0.05, 0) is 48.4 Å². The number of aromatic nitrogens is 1. The number of hydrogen-bond donors (Lipinski definition) is 0. The summed E-state index contributed by atoms with van der Waals surface area (Å²) in [5.74, 6) is -0.0535. The number of ether oxygens (including phenoxy) is 1. The average Bonchev–Trinajstić information content (AvgIpc) is 3.60. The predicted molar refractivity (Wildman–Crippen MR) is 144 cm³/mol. The number of benzene rings is 1. The summed E-state index contributed by atoms with van der Waals surface area (Å²) in [6.07, 6.45) is 8.34. The minimum atomic E-state index is -0.0782. The van der Waals surface area contributed by atoms with Gasteiger partial charge in [-0.15, -0.1) is 11.3 Å². The number of methoxy groups -OCH3 is 1. The lowest BCUT2D eigenvalue weighted by Gasteiger charge is -2.36. The fourth-order valence-corrected chi connectivity index (χ4v) is 5.67. The number of rotatable bonds is 12. The van der Waals surface area contributed by atoms with Gasteiger partial charge in [-0.1, -0.05) is 55.7 Å². The molecule has 1 aliphatic carbocycles. The summed E-state index contributed by atoms with van der Waals surface area (Å²) >= 11 is 1.42. The van der Waals surface area contributed by atoms with Gasteiger partial charge in [0.2, 0.25) is 5.91 Å². The fraction of sp³-hybridized carbons (Fsp3) is 0.448. The van der Waals surface area contributed by atoms with Gasteiger partial charge in [0.1, 0.15) is 6.54 Å². The van der Waals surface area contributed by atoms with Gasteiger partial charge in [-0.3, -0.25) is 9.59 Å². The van der Waals surface area contributed by atoms with Gasteiger partial charge in [-0.2, -0.15) is 0 Å². The van der Waals surface area contributed by atoms with E-state index in [0.29, 0.717) is 31.0 Å². The molecule has 192 valence electrons. The van der Waals surface area contributed by atoms with Crippen molar-refractivity contribution >= 4 is 23.2 Å². The maximum Gasteiger partial charge on any atom is 0.264 e. The second-order valence-corrected chi connectivity index (χ2v) is 10.4. The van der Waals surface area contributed by atoms with E-state index in [2.05, 4.69) is 47.2 Å². The molecule has 1 saturated carbocycles. The number of amides is 2. The molecule has 0 atom stereocenters. The van der Waals surface area contributed by atoms with Crippen molar-refractivity contribution in [3.63, 3.8) is 0 Å². The van der Waals surface area contributed by atoms with E-state index < -0.39 is 0 Å². The Balaban J connectivity index is 1.52. The van der Waals surface area contributed by atoms with E-state index in [0.717, 1.165) is 37.9 Å². The van der Waals surface area contributed by atoms with Crippen LogP contribution in [0.2, 0.25) is 0 Å². The number of thiophene rings is 1. The van der Waals surface area contributed by atoms with Gasteiger partial charge in [0.25, 0.3) is 5.91 Å². The predicted octanol–water partition coefficient (Wildman–Crippen LogP) is 5.44. The maximum absolute atomic E-state index is 13.9. The Bertz CT molecular complexity index is 1070. The summed E-state index contributed by atoms with van der Waals surface area (Å²) < 4.78 is 7.44. The van der Waals surface area contributed by atoms with Crippen molar-refractivity contribution < 1.29 is 14.3 Å². The molecule has 2 heterocycles. The van der Waals surface area contributed by atoms with Crippen molar-refractivity contribution in [1.82, 2.24) is 14.4 Å². The summed E-state index contributed by atoms with van der Waals surface area (Å²) in [5.41, 5.74) is 2.35. The van der Waals surface area contributed by atoms with E-state index in [4.69, 9.17) is 4.74 Å². The molecule has 3 aromatic rings. The van der Waals surface area contributed by atoms with Gasteiger partial charge in [-0.25, -0.2) is 0 Å². The van der Waals surface area contributed by atoms with E-state index in [1.165, 1.54) is 23.3 Å². The molecule has 1 aromatic carbocycles. The monoisotopic (exact) mass is 507 g/mol. The highest BCUT2D eigenvalue weighted by Crippen LogP contribution is 2.25. The van der Waals surface area contributed by atoms with Crippen LogP contribution in [0.15, 0.2) is 66.2 Å². The number of nitrogens with zero attached hydrogens (tertiary/aromatic N) is 3. The minimum Gasteiger partial charge on any atom is -0.385 e. The van der Waals surface area contributed by atoms with E-state index in [9.17, 15) is 9.59 Å². The Morgan fingerprint density at radius 2 is 1.83 bits per heavy atom. The van der Waals surface area contributed by atoms with Crippen LogP contribution in [0.1, 0.15) is 59.5 Å². The zero-order valence-corrected chi connectivity index (χ0v) is 22.0.